The lowest BCUT2D eigenvalue weighted by atomic mass is 10.2. The van der Waals surface area contributed by atoms with Crippen LogP contribution in [0.5, 0.6) is 0 Å². The van der Waals surface area contributed by atoms with E-state index in [1.807, 2.05) is 12.1 Å². The van der Waals surface area contributed by atoms with Crippen molar-refractivity contribution in [2.75, 3.05) is 5.73 Å². The van der Waals surface area contributed by atoms with Crippen molar-refractivity contribution in [1.29, 1.82) is 0 Å². The lowest BCUT2D eigenvalue weighted by Crippen LogP contribution is -3.00. The second-order valence-corrected chi connectivity index (χ2v) is 4.23. The zero-order valence-electron chi connectivity index (χ0n) is 10.3. The molecule has 0 spiro atoms. The fraction of sp³-hybridized carbons (Fsp3) is 0. The molecule has 0 aliphatic heterocycles. The van der Waals surface area contributed by atoms with Crippen molar-refractivity contribution in [2.24, 2.45) is 0 Å². The lowest BCUT2D eigenvalue weighted by Gasteiger charge is -1.92. The predicted octanol–water partition coefficient (Wildman–Crippen LogP) is -0.857. The van der Waals surface area contributed by atoms with E-state index in [-0.39, 0.29) is 18.1 Å². The van der Waals surface area contributed by atoms with Crippen LogP contribution in [-0.2, 0) is 0 Å². The van der Waals surface area contributed by atoms with Crippen LogP contribution >= 0.6 is 0 Å². The van der Waals surface area contributed by atoms with E-state index in [0.29, 0.717) is 11.2 Å². The van der Waals surface area contributed by atoms with E-state index >= 15 is 0 Å². The fourth-order valence-corrected chi connectivity index (χ4v) is 1.95. The molecule has 0 atom stereocenters. The smallest absolute Gasteiger partial charge is 0.285 e. The zero-order chi connectivity index (χ0) is 13.4. The maximum absolute atomic E-state index is 10.7. The Balaban J connectivity index is 0.00000147. The molecule has 0 aliphatic rings. The Labute approximate surface area is 120 Å². The number of H-pyrrole nitrogens is 2. The van der Waals surface area contributed by atoms with Crippen LogP contribution in [0.4, 0.5) is 11.4 Å². The molecule has 0 saturated heterocycles. The second-order valence-electron chi connectivity index (χ2n) is 4.23. The summed E-state index contributed by atoms with van der Waals surface area (Å²) in [6, 6.07) is 12.0. The van der Waals surface area contributed by atoms with Gasteiger partial charge in [0.15, 0.2) is 11.0 Å². The zero-order valence-corrected chi connectivity index (χ0v) is 11.0. The molecule has 1 heterocycles. The highest BCUT2D eigenvalue weighted by Gasteiger charge is 2.15. The van der Waals surface area contributed by atoms with Crippen LogP contribution in [0.25, 0.3) is 22.4 Å². The molecular formula is C13H11ClN4O2. The Kier molecular flexibility index (Phi) is 3.58. The number of nitrogens with two attached hydrogens (primary N) is 1. The molecule has 0 unspecified atom stereocenters. The van der Waals surface area contributed by atoms with Crippen LogP contribution < -0.4 is 23.1 Å². The SMILES string of the molecule is Nc1ccc(-c2[nH]c3cc([N+](=O)[O-])ccc3[nH+]2)cc1.[Cl-]. The third kappa shape index (κ3) is 2.41. The summed E-state index contributed by atoms with van der Waals surface area (Å²) in [7, 11) is 0. The van der Waals surface area contributed by atoms with Gasteiger partial charge in [0.1, 0.15) is 0 Å². The van der Waals surface area contributed by atoms with Gasteiger partial charge in [-0.2, -0.15) is 0 Å². The van der Waals surface area contributed by atoms with Crippen LogP contribution in [0.3, 0.4) is 0 Å². The average molecular weight is 291 g/mol. The third-order valence-electron chi connectivity index (χ3n) is 2.93. The standard InChI is InChI=1S/C13H10N4O2.ClH/c14-9-3-1-8(2-4-9)13-15-11-6-5-10(17(18)19)7-12(11)16-13;/h1-7H,14H2,(H,15,16);1H. The number of benzene rings is 2. The molecule has 20 heavy (non-hydrogen) atoms. The number of aromatic amines is 2. The monoisotopic (exact) mass is 290 g/mol. The summed E-state index contributed by atoms with van der Waals surface area (Å²) < 4.78 is 0. The predicted molar refractivity (Wildman–Crippen MR) is 71.4 cm³/mol. The summed E-state index contributed by atoms with van der Waals surface area (Å²) >= 11 is 0. The molecule has 0 radical (unpaired) electrons. The van der Waals surface area contributed by atoms with Crippen molar-refractivity contribution in [2.45, 2.75) is 0 Å². The maximum Gasteiger partial charge on any atom is 0.285 e. The Hall–Kier alpha value is -2.60. The third-order valence-corrected chi connectivity index (χ3v) is 2.93. The molecule has 0 aliphatic carbocycles. The van der Waals surface area contributed by atoms with Gasteiger partial charge in [0.2, 0.25) is 0 Å². The molecule has 0 amide bonds. The van der Waals surface area contributed by atoms with Crippen molar-refractivity contribution >= 4 is 22.4 Å². The molecule has 1 aromatic heterocycles. The Bertz CT molecular complexity index is 768. The number of aromatic nitrogens is 2. The number of fused-ring (bicyclic) bond motifs is 1. The number of hydrogen-bond acceptors (Lipinski definition) is 3. The lowest BCUT2D eigenvalue weighted by molar-refractivity contribution is -0.384. The van der Waals surface area contributed by atoms with E-state index in [0.717, 1.165) is 16.9 Å². The minimum Gasteiger partial charge on any atom is -1.00 e. The van der Waals surface area contributed by atoms with E-state index in [1.54, 1.807) is 18.2 Å². The van der Waals surface area contributed by atoms with Crippen molar-refractivity contribution in [1.82, 2.24) is 4.98 Å². The van der Waals surface area contributed by atoms with Gasteiger partial charge in [0, 0.05) is 11.8 Å². The number of imidazole rings is 1. The van der Waals surface area contributed by atoms with Crippen LogP contribution in [0.1, 0.15) is 0 Å². The minimum absolute atomic E-state index is 0. The number of nitro groups is 1. The Morgan fingerprint density at radius 2 is 1.85 bits per heavy atom. The van der Waals surface area contributed by atoms with Crippen molar-refractivity contribution in [3.63, 3.8) is 0 Å². The van der Waals surface area contributed by atoms with Gasteiger partial charge in [-0.15, -0.1) is 0 Å². The first-order valence-corrected chi connectivity index (χ1v) is 5.69. The van der Waals surface area contributed by atoms with Crippen LogP contribution in [0, 0.1) is 10.1 Å². The highest BCUT2D eigenvalue weighted by atomic mass is 35.5. The highest BCUT2D eigenvalue weighted by molar-refractivity contribution is 5.77. The molecule has 102 valence electrons. The number of halogens is 1. The first-order valence-electron chi connectivity index (χ1n) is 5.69. The first kappa shape index (κ1) is 13.8. The van der Waals surface area contributed by atoms with Crippen molar-refractivity contribution in [3.05, 3.63) is 52.6 Å². The summed E-state index contributed by atoms with van der Waals surface area (Å²) in [6.45, 7) is 0. The topological polar surface area (TPSA) is 99.1 Å². The number of nitrogens with zero attached hydrogens (tertiary/aromatic N) is 1. The molecule has 7 heteroatoms. The van der Waals surface area contributed by atoms with Gasteiger partial charge in [-0.1, -0.05) is 0 Å². The van der Waals surface area contributed by atoms with Gasteiger partial charge in [-0.3, -0.25) is 10.1 Å². The van der Waals surface area contributed by atoms with E-state index in [9.17, 15) is 10.1 Å². The number of anilines is 1. The van der Waals surface area contributed by atoms with E-state index in [4.69, 9.17) is 5.73 Å². The van der Waals surface area contributed by atoms with Crippen molar-refractivity contribution in [3.8, 4) is 11.4 Å². The van der Waals surface area contributed by atoms with E-state index in [1.165, 1.54) is 12.1 Å². The van der Waals surface area contributed by atoms with Gasteiger partial charge in [0.05, 0.1) is 16.6 Å². The molecule has 0 fully saturated rings. The van der Waals surface area contributed by atoms with Crippen LogP contribution in [-0.4, -0.2) is 9.91 Å². The van der Waals surface area contributed by atoms with Crippen molar-refractivity contribution < 1.29 is 22.3 Å². The molecule has 0 bridgehead atoms. The van der Waals surface area contributed by atoms with E-state index in [2.05, 4.69) is 9.97 Å². The van der Waals surface area contributed by atoms with Gasteiger partial charge in [-0.05, 0) is 30.3 Å². The molecule has 3 rings (SSSR count). The van der Waals surface area contributed by atoms with E-state index < -0.39 is 4.92 Å². The van der Waals surface area contributed by atoms with Gasteiger partial charge >= 0.3 is 0 Å². The van der Waals surface area contributed by atoms with Gasteiger partial charge in [0.25, 0.3) is 11.5 Å². The number of hydrogen-bond donors (Lipinski definition) is 2. The number of non-ortho nitro benzene ring substituents is 1. The summed E-state index contributed by atoms with van der Waals surface area (Å²) in [5, 5.41) is 10.7. The molecule has 6 nitrogen and oxygen atoms in total. The Morgan fingerprint density at radius 3 is 2.50 bits per heavy atom. The Morgan fingerprint density at radius 1 is 1.15 bits per heavy atom. The minimum atomic E-state index is -0.414. The van der Waals surface area contributed by atoms with Gasteiger partial charge in [-0.25, -0.2) is 9.97 Å². The van der Waals surface area contributed by atoms with Crippen LogP contribution in [0.2, 0.25) is 0 Å². The van der Waals surface area contributed by atoms with Crippen LogP contribution in [0.15, 0.2) is 42.5 Å². The number of nitrogen functional groups attached to an aromatic ring is 1. The molecular weight excluding hydrogens is 280 g/mol. The second kappa shape index (κ2) is 5.18. The number of nitrogens with one attached hydrogen (secondary N) is 2. The molecule has 4 N–H and O–H groups in total. The fourth-order valence-electron chi connectivity index (χ4n) is 1.95. The quantitative estimate of drug-likeness (QED) is 0.365. The maximum atomic E-state index is 10.7. The highest BCUT2D eigenvalue weighted by Crippen LogP contribution is 2.21. The normalized spacial score (nSPS) is 10.2. The summed E-state index contributed by atoms with van der Waals surface area (Å²) in [4.78, 5) is 16.6. The molecule has 0 saturated carbocycles. The summed E-state index contributed by atoms with van der Waals surface area (Å²) in [5.41, 5.74) is 8.84. The largest absolute Gasteiger partial charge is 1.00 e. The average Bonchev–Trinajstić information content (AvgIpc) is 2.82. The molecule has 3 aromatic rings. The number of nitro benzene ring substituents is 1. The first-order chi connectivity index (χ1) is 9.13. The molecule has 2 aromatic carbocycles. The number of rotatable bonds is 2. The summed E-state index contributed by atoms with van der Waals surface area (Å²) in [6.07, 6.45) is 0. The summed E-state index contributed by atoms with van der Waals surface area (Å²) in [5.74, 6) is 0.787. The van der Waals surface area contributed by atoms with Gasteiger partial charge < -0.3 is 18.1 Å².